The van der Waals surface area contributed by atoms with Gasteiger partial charge in [-0.3, -0.25) is 0 Å². The molecule has 20 heavy (non-hydrogen) atoms. The minimum Gasteiger partial charge on any atom is -0.399 e. The monoisotopic (exact) mass is 269 g/mol. The predicted molar refractivity (Wildman–Crippen MR) is 74.3 cm³/mol. The van der Waals surface area contributed by atoms with E-state index in [1.807, 2.05) is 6.07 Å². The summed E-state index contributed by atoms with van der Waals surface area (Å²) < 4.78 is 19.2. The van der Waals surface area contributed by atoms with E-state index in [0.29, 0.717) is 22.6 Å². The van der Waals surface area contributed by atoms with Crippen LogP contribution in [0.15, 0.2) is 47.0 Å². The molecule has 3 aromatic rings. The van der Waals surface area contributed by atoms with Gasteiger partial charge in [-0.15, -0.1) is 0 Å². The summed E-state index contributed by atoms with van der Waals surface area (Å²) in [6, 6.07) is 12.2. The summed E-state index contributed by atoms with van der Waals surface area (Å²) in [5.74, 6) is 0.187. The van der Waals surface area contributed by atoms with E-state index >= 15 is 0 Å². The summed E-state index contributed by atoms with van der Waals surface area (Å²) in [5.41, 5.74) is 7.88. The Labute approximate surface area is 115 Å². The van der Waals surface area contributed by atoms with Crippen LogP contribution in [0.1, 0.15) is 5.56 Å². The molecule has 5 heteroatoms. The summed E-state index contributed by atoms with van der Waals surface area (Å²) in [5, 5.41) is 3.87. The Hall–Kier alpha value is -2.69. The quantitative estimate of drug-likeness (QED) is 0.724. The number of hydrogen-bond donors (Lipinski definition) is 1. The van der Waals surface area contributed by atoms with Crippen LogP contribution in [0.5, 0.6) is 0 Å². The number of halogens is 1. The van der Waals surface area contributed by atoms with Gasteiger partial charge in [-0.05, 0) is 30.7 Å². The van der Waals surface area contributed by atoms with Crippen LogP contribution in [0.3, 0.4) is 0 Å². The van der Waals surface area contributed by atoms with E-state index in [9.17, 15) is 4.39 Å². The second-order valence-corrected chi connectivity index (χ2v) is 4.49. The van der Waals surface area contributed by atoms with Crippen LogP contribution in [0.2, 0.25) is 0 Å². The predicted octanol–water partition coefficient (Wildman–Crippen LogP) is 3.43. The molecule has 0 aliphatic rings. The zero-order valence-electron chi connectivity index (χ0n) is 10.8. The van der Waals surface area contributed by atoms with E-state index in [-0.39, 0.29) is 11.7 Å². The van der Waals surface area contributed by atoms with Crippen molar-refractivity contribution in [1.29, 1.82) is 0 Å². The number of benzene rings is 2. The standard InChI is InChI=1S/C15H12FN3O/c1-9-4-2-7-12(13(9)16)15-18-14(19-20-15)10-5-3-6-11(17)8-10/h2-8H,17H2,1H3. The van der Waals surface area contributed by atoms with Crippen LogP contribution in [0, 0.1) is 12.7 Å². The molecule has 0 unspecified atom stereocenters. The summed E-state index contributed by atoms with van der Waals surface area (Å²) >= 11 is 0. The Bertz CT molecular complexity index is 767. The third-order valence-electron chi connectivity index (χ3n) is 2.99. The van der Waals surface area contributed by atoms with Gasteiger partial charge in [-0.1, -0.05) is 29.4 Å². The molecule has 0 saturated heterocycles. The van der Waals surface area contributed by atoms with Gasteiger partial charge in [0.05, 0.1) is 5.56 Å². The molecule has 0 atom stereocenters. The van der Waals surface area contributed by atoms with Crippen LogP contribution in [0.4, 0.5) is 10.1 Å². The summed E-state index contributed by atoms with van der Waals surface area (Å²) in [6.07, 6.45) is 0. The fraction of sp³-hybridized carbons (Fsp3) is 0.0667. The van der Waals surface area contributed by atoms with Crippen molar-refractivity contribution in [2.75, 3.05) is 5.73 Å². The van der Waals surface area contributed by atoms with Gasteiger partial charge in [0, 0.05) is 11.3 Å². The molecular formula is C15H12FN3O. The number of aryl methyl sites for hydroxylation is 1. The third kappa shape index (κ3) is 2.14. The number of nitrogens with two attached hydrogens (primary N) is 1. The molecule has 0 aliphatic carbocycles. The first-order valence-electron chi connectivity index (χ1n) is 6.10. The minimum atomic E-state index is -0.352. The molecule has 3 rings (SSSR count). The zero-order chi connectivity index (χ0) is 14.1. The molecule has 4 nitrogen and oxygen atoms in total. The molecule has 0 amide bonds. The van der Waals surface area contributed by atoms with Crippen molar-refractivity contribution in [2.24, 2.45) is 0 Å². The maximum absolute atomic E-state index is 14.0. The highest BCUT2D eigenvalue weighted by Crippen LogP contribution is 2.26. The normalized spacial score (nSPS) is 10.7. The number of nitrogens with zero attached hydrogens (tertiary/aromatic N) is 2. The van der Waals surface area contributed by atoms with Crippen LogP contribution < -0.4 is 5.73 Å². The Morgan fingerprint density at radius 1 is 1.15 bits per heavy atom. The van der Waals surface area contributed by atoms with Gasteiger partial charge in [0.2, 0.25) is 5.82 Å². The van der Waals surface area contributed by atoms with Crippen LogP contribution in [-0.2, 0) is 0 Å². The lowest BCUT2D eigenvalue weighted by molar-refractivity contribution is 0.429. The Balaban J connectivity index is 2.04. The number of anilines is 1. The van der Waals surface area contributed by atoms with Gasteiger partial charge in [0.1, 0.15) is 5.82 Å². The van der Waals surface area contributed by atoms with Crippen molar-refractivity contribution in [3.8, 4) is 22.8 Å². The van der Waals surface area contributed by atoms with Gasteiger partial charge >= 0.3 is 0 Å². The van der Waals surface area contributed by atoms with Crippen molar-refractivity contribution in [1.82, 2.24) is 10.1 Å². The Morgan fingerprint density at radius 3 is 2.75 bits per heavy atom. The second kappa shape index (κ2) is 4.77. The molecule has 0 aliphatic heterocycles. The topological polar surface area (TPSA) is 64.9 Å². The van der Waals surface area contributed by atoms with Gasteiger partial charge < -0.3 is 10.3 Å². The molecule has 2 N–H and O–H groups in total. The highest BCUT2D eigenvalue weighted by Gasteiger charge is 2.15. The van der Waals surface area contributed by atoms with Crippen molar-refractivity contribution in [3.63, 3.8) is 0 Å². The van der Waals surface area contributed by atoms with Crippen LogP contribution in [-0.4, -0.2) is 10.1 Å². The summed E-state index contributed by atoms with van der Waals surface area (Å²) in [6.45, 7) is 1.69. The van der Waals surface area contributed by atoms with E-state index in [1.165, 1.54) is 0 Å². The molecule has 1 heterocycles. The number of rotatable bonds is 2. The molecule has 0 fully saturated rings. The molecule has 0 saturated carbocycles. The van der Waals surface area contributed by atoms with E-state index in [0.717, 1.165) is 5.56 Å². The van der Waals surface area contributed by atoms with Crippen molar-refractivity contribution < 1.29 is 8.91 Å². The van der Waals surface area contributed by atoms with Gasteiger partial charge in [0.15, 0.2) is 0 Å². The lowest BCUT2D eigenvalue weighted by Crippen LogP contribution is -1.89. The molecule has 1 aromatic heterocycles. The summed E-state index contributed by atoms with van der Waals surface area (Å²) in [7, 11) is 0. The first-order chi connectivity index (χ1) is 9.65. The fourth-order valence-electron chi connectivity index (χ4n) is 1.94. The third-order valence-corrected chi connectivity index (χ3v) is 2.99. The fourth-order valence-corrected chi connectivity index (χ4v) is 1.94. The highest BCUT2D eigenvalue weighted by molar-refractivity contribution is 5.63. The summed E-state index contributed by atoms with van der Waals surface area (Å²) in [4.78, 5) is 4.22. The average molecular weight is 269 g/mol. The second-order valence-electron chi connectivity index (χ2n) is 4.49. The lowest BCUT2D eigenvalue weighted by Gasteiger charge is -1.99. The van der Waals surface area contributed by atoms with Crippen molar-refractivity contribution >= 4 is 5.69 Å². The highest BCUT2D eigenvalue weighted by atomic mass is 19.1. The Kier molecular flexibility index (Phi) is 2.95. The first kappa shape index (κ1) is 12.3. The number of nitrogen functional groups attached to an aromatic ring is 1. The smallest absolute Gasteiger partial charge is 0.261 e. The SMILES string of the molecule is Cc1cccc(-c2nc(-c3cccc(N)c3)no2)c1F. The van der Waals surface area contributed by atoms with E-state index in [4.69, 9.17) is 10.3 Å². The molecular weight excluding hydrogens is 257 g/mol. The molecule has 0 spiro atoms. The first-order valence-corrected chi connectivity index (χ1v) is 6.10. The average Bonchev–Trinajstić information content (AvgIpc) is 2.91. The van der Waals surface area contributed by atoms with Crippen LogP contribution >= 0.6 is 0 Å². The molecule has 2 aromatic carbocycles. The molecule has 0 bridgehead atoms. The lowest BCUT2D eigenvalue weighted by atomic mass is 10.1. The van der Waals surface area contributed by atoms with E-state index in [2.05, 4.69) is 10.1 Å². The minimum absolute atomic E-state index is 0.156. The van der Waals surface area contributed by atoms with E-state index < -0.39 is 0 Å². The molecule has 100 valence electrons. The van der Waals surface area contributed by atoms with Gasteiger partial charge in [-0.2, -0.15) is 4.98 Å². The maximum Gasteiger partial charge on any atom is 0.261 e. The van der Waals surface area contributed by atoms with Gasteiger partial charge in [0.25, 0.3) is 5.89 Å². The van der Waals surface area contributed by atoms with Crippen LogP contribution in [0.25, 0.3) is 22.8 Å². The number of hydrogen-bond acceptors (Lipinski definition) is 4. The maximum atomic E-state index is 14.0. The molecule has 0 radical (unpaired) electrons. The van der Waals surface area contributed by atoms with E-state index in [1.54, 1.807) is 43.3 Å². The number of aromatic nitrogens is 2. The largest absolute Gasteiger partial charge is 0.399 e. The van der Waals surface area contributed by atoms with Crippen molar-refractivity contribution in [2.45, 2.75) is 6.92 Å². The Morgan fingerprint density at radius 2 is 1.95 bits per heavy atom. The zero-order valence-corrected chi connectivity index (χ0v) is 10.8. The van der Waals surface area contributed by atoms with Gasteiger partial charge in [-0.25, -0.2) is 4.39 Å². The van der Waals surface area contributed by atoms with Crippen molar-refractivity contribution in [3.05, 3.63) is 53.8 Å².